The number of carbonyl (C=O) groups excluding carboxylic acids is 2. The molecule has 0 bridgehead atoms. The number of allylic oxidation sites excluding steroid dienone is 2. The third kappa shape index (κ3) is 46.9. The van der Waals surface area contributed by atoms with E-state index < -0.39 is 18.2 Å². The molecule has 0 aromatic carbocycles. The fraction of sp³-hybridized carbons (Fsp3) is 0.930. The summed E-state index contributed by atoms with van der Waals surface area (Å²) in [5.74, 6) is -0.463. The van der Waals surface area contributed by atoms with Crippen molar-refractivity contribution in [3.8, 4) is 0 Å². The van der Waals surface area contributed by atoms with Crippen LogP contribution in [0.25, 0.3) is 0 Å². The van der Waals surface area contributed by atoms with Crippen molar-refractivity contribution in [3.63, 3.8) is 0 Å². The SMILES string of the molecule is CCCCCCCCC/C=C/CCCCCCCC(=O)OC(CCCCCCCCCCCCC)CC(=O)NC(CO)C(O)CCCCCCCCCCCCCCCCCCC. The van der Waals surface area contributed by atoms with Crippen LogP contribution in [0.4, 0.5) is 0 Å². The van der Waals surface area contributed by atoms with Crippen molar-refractivity contribution in [2.75, 3.05) is 6.61 Å². The Labute approximate surface area is 393 Å². The Morgan fingerprint density at radius 2 is 0.762 bits per heavy atom. The number of aliphatic hydroxyl groups excluding tert-OH is 2. The van der Waals surface area contributed by atoms with E-state index in [0.29, 0.717) is 19.3 Å². The van der Waals surface area contributed by atoms with E-state index in [4.69, 9.17) is 4.74 Å². The number of aliphatic hydroxyl groups is 2. The quantitative estimate of drug-likeness (QED) is 0.0321. The molecule has 6 heteroatoms. The number of esters is 1. The van der Waals surface area contributed by atoms with Gasteiger partial charge in [-0.2, -0.15) is 0 Å². The van der Waals surface area contributed by atoms with Crippen molar-refractivity contribution in [1.82, 2.24) is 5.32 Å². The number of hydrogen-bond donors (Lipinski definition) is 3. The lowest BCUT2D eigenvalue weighted by Gasteiger charge is -2.24. The molecular formula is C57H111NO5. The average Bonchev–Trinajstić information content (AvgIpc) is 3.28. The van der Waals surface area contributed by atoms with Gasteiger partial charge >= 0.3 is 5.97 Å². The Hall–Kier alpha value is -1.40. The molecule has 6 nitrogen and oxygen atoms in total. The molecule has 0 aliphatic carbocycles. The Morgan fingerprint density at radius 3 is 1.13 bits per heavy atom. The molecule has 0 spiro atoms. The van der Waals surface area contributed by atoms with Crippen molar-refractivity contribution < 1.29 is 24.5 Å². The van der Waals surface area contributed by atoms with E-state index in [1.165, 1.54) is 218 Å². The first-order valence-electron chi connectivity index (χ1n) is 28.4. The second-order valence-electron chi connectivity index (χ2n) is 19.7. The number of amides is 1. The summed E-state index contributed by atoms with van der Waals surface area (Å²) in [5.41, 5.74) is 0. The molecule has 374 valence electrons. The third-order valence-corrected chi connectivity index (χ3v) is 13.3. The van der Waals surface area contributed by atoms with Crippen LogP contribution < -0.4 is 5.32 Å². The first-order chi connectivity index (χ1) is 31.0. The second-order valence-corrected chi connectivity index (χ2v) is 19.7. The van der Waals surface area contributed by atoms with Gasteiger partial charge in [0.15, 0.2) is 0 Å². The van der Waals surface area contributed by atoms with Gasteiger partial charge in [0, 0.05) is 6.42 Å². The predicted octanol–water partition coefficient (Wildman–Crippen LogP) is 17.3. The van der Waals surface area contributed by atoms with E-state index in [1.54, 1.807) is 0 Å². The van der Waals surface area contributed by atoms with Crippen LogP contribution in [-0.4, -0.2) is 46.9 Å². The molecular weight excluding hydrogens is 779 g/mol. The van der Waals surface area contributed by atoms with E-state index in [0.717, 1.165) is 51.4 Å². The molecule has 1 amide bonds. The smallest absolute Gasteiger partial charge is 0.306 e. The summed E-state index contributed by atoms with van der Waals surface area (Å²) in [5, 5.41) is 23.9. The van der Waals surface area contributed by atoms with Gasteiger partial charge in [0.25, 0.3) is 0 Å². The zero-order valence-corrected chi connectivity index (χ0v) is 42.7. The lowest BCUT2D eigenvalue weighted by molar-refractivity contribution is -0.151. The number of carbonyl (C=O) groups is 2. The molecule has 0 heterocycles. The van der Waals surface area contributed by atoms with Gasteiger partial charge in [0.2, 0.25) is 5.91 Å². The van der Waals surface area contributed by atoms with E-state index in [2.05, 4.69) is 38.2 Å². The zero-order chi connectivity index (χ0) is 45.9. The first-order valence-corrected chi connectivity index (χ1v) is 28.4. The van der Waals surface area contributed by atoms with Crippen LogP contribution in [0.2, 0.25) is 0 Å². The van der Waals surface area contributed by atoms with Gasteiger partial charge in [-0.3, -0.25) is 9.59 Å². The molecule has 0 rings (SSSR count). The molecule has 3 atom stereocenters. The van der Waals surface area contributed by atoms with Crippen LogP contribution in [0.3, 0.4) is 0 Å². The van der Waals surface area contributed by atoms with Gasteiger partial charge in [-0.05, 0) is 51.4 Å². The molecule has 0 aliphatic heterocycles. The number of hydrogen-bond acceptors (Lipinski definition) is 5. The maximum absolute atomic E-state index is 13.2. The highest BCUT2D eigenvalue weighted by Crippen LogP contribution is 2.19. The van der Waals surface area contributed by atoms with Crippen LogP contribution in [0.1, 0.15) is 316 Å². The van der Waals surface area contributed by atoms with Gasteiger partial charge in [0.05, 0.1) is 25.2 Å². The molecule has 0 saturated heterocycles. The first kappa shape index (κ1) is 61.6. The Morgan fingerprint density at radius 1 is 0.444 bits per heavy atom. The Kier molecular flexibility index (Phi) is 50.4. The summed E-state index contributed by atoms with van der Waals surface area (Å²) in [4.78, 5) is 26.2. The lowest BCUT2D eigenvalue weighted by atomic mass is 10.0. The zero-order valence-electron chi connectivity index (χ0n) is 42.7. The highest BCUT2D eigenvalue weighted by molar-refractivity contribution is 5.77. The topological polar surface area (TPSA) is 95.9 Å². The van der Waals surface area contributed by atoms with E-state index in [1.807, 2.05) is 0 Å². The molecule has 0 fully saturated rings. The maximum Gasteiger partial charge on any atom is 0.306 e. The molecule has 3 unspecified atom stereocenters. The molecule has 0 aliphatic rings. The maximum atomic E-state index is 13.2. The minimum Gasteiger partial charge on any atom is -0.462 e. The predicted molar refractivity (Wildman–Crippen MR) is 273 cm³/mol. The summed E-state index contributed by atoms with van der Waals surface area (Å²) in [7, 11) is 0. The molecule has 0 saturated carbocycles. The summed E-state index contributed by atoms with van der Waals surface area (Å²) in [6.07, 6.45) is 58.5. The number of unbranched alkanes of at least 4 members (excludes halogenated alkanes) is 38. The van der Waals surface area contributed by atoms with Gasteiger partial charge < -0.3 is 20.3 Å². The van der Waals surface area contributed by atoms with E-state index in [9.17, 15) is 19.8 Å². The monoisotopic (exact) mass is 890 g/mol. The summed E-state index contributed by atoms with van der Waals surface area (Å²) >= 11 is 0. The Balaban J connectivity index is 4.43. The van der Waals surface area contributed by atoms with Crippen LogP contribution in [0.5, 0.6) is 0 Å². The lowest BCUT2D eigenvalue weighted by Crippen LogP contribution is -2.46. The van der Waals surface area contributed by atoms with Crippen LogP contribution in [0.15, 0.2) is 12.2 Å². The van der Waals surface area contributed by atoms with Crippen molar-refractivity contribution in [1.29, 1.82) is 0 Å². The van der Waals surface area contributed by atoms with E-state index >= 15 is 0 Å². The molecule has 0 aromatic heterocycles. The molecule has 3 N–H and O–H groups in total. The molecule has 0 radical (unpaired) electrons. The minimum absolute atomic E-state index is 0.0817. The molecule has 63 heavy (non-hydrogen) atoms. The normalized spacial score (nSPS) is 13.2. The molecule has 0 aromatic rings. The minimum atomic E-state index is -0.783. The number of nitrogens with one attached hydrogen (secondary N) is 1. The average molecular weight is 891 g/mol. The van der Waals surface area contributed by atoms with Gasteiger partial charge in [0.1, 0.15) is 6.10 Å². The van der Waals surface area contributed by atoms with Crippen LogP contribution in [0, 0.1) is 0 Å². The van der Waals surface area contributed by atoms with Crippen molar-refractivity contribution in [2.45, 2.75) is 334 Å². The highest BCUT2D eigenvalue weighted by Gasteiger charge is 2.24. The summed E-state index contributed by atoms with van der Waals surface area (Å²) in [6, 6.07) is -0.697. The van der Waals surface area contributed by atoms with Gasteiger partial charge in [-0.15, -0.1) is 0 Å². The summed E-state index contributed by atoms with van der Waals surface area (Å²) in [6.45, 7) is 6.51. The summed E-state index contributed by atoms with van der Waals surface area (Å²) < 4.78 is 5.95. The van der Waals surface area contributed by atoms with Crippen molar-refractivity contribution in [3.05, 3.63) is 12.2 Å². The van der Waals surface area contributed by atoms with Crippen molar-refractivity contribution >= 4 is 11.9 Å². The fourth-order valence-electron chi connectivity index (χ4n) is 9.02. The van der Waals surface area contributed by atoms with Crippen LogP contribution >= 0.6 is 0 Å². The van der Waals surface area contributed by atoms with E-state index in [-0.39, 0.29) is 24.9 Å². The number of rotatable bonds is 52. The highest BCUT2D eigenvalue weighted by atomic mass is 16.5. The van der Waals surface area contributed by atoms with Crippen molar-refractivity contribution in [2.24, 2.45) is 0 Å². The second kappa shape index (κ2) is 51.6. The number of ether oxygens (including phenoxy) is 1. The third-order valence-electron chi connectivity index (χ3n) is 13.3. The van der Waals surface area contributed by atoms with Gasteiger partial charge in [-0.25, -0.2) is 0 Å². The van der Waals surface area contributed by atoms with Crippen LogP contribution in [-0.2, 0) is 14.3 Å². The standard InChI is InChI=1S/C57H111NO5/c1-4-7-10-13-16-19-22-24-26-28-29-31-34-37-40-43-46-49-55(60)54(52-59)58-56(61)51-53(48-45-42-39-36-33-21-18-15-12-9-6-3)63-57(62)50-47-44-41-38-35-32-30-27-25-23-20-17-14-11-8-5-2/h27,30,53-55,59-60H,4-26,28-29,31-52H2,1-3H3,(H,58,61)/b30-27+. The largest absolute Gasteiger partial charge is 0.462 e. The van der Waals surface area contributed by atoms with Gasteiger partial charge in [-0.1, -0.05) is 264 Å². The Bertz CT molecular complexity index is 955. The fourth-order valence-corrected chi connectivity index (χ4v) is 9.02.